The van der Waals surface area contributed by atoms with Gasteiger partial charge in [0.1, 0.15) is 17.6 Å². The van der Waals surface area contributed by atoms with E-state index in [1.165, 1.54) is 6.20 Å². The first kappa shape index (κ1) is 12.8. The van der Waals surface area contributed by atoms with Crippen molar-refractivity contribution in [2.45, 2.75) is 0 Å². The Labute approximate surface area is 121 Å². The van der Waals surface area contributed by atoms with Crippen molar-refractivity contribution in [3.63, 3.8) is 0 Å². The van der Waals surface area contributed by atoms with Crippen molar-refractivity contribution >= 4 is 5.69 Å². The first-order valence-corrected chi connectivity index (χ1v) is 6.33. The molecule has 1 heterocycles. The number of benzene rings is 2. The van der Waals surface area contributed by atoms with E-state index in [1.807, 2.05) is 42.5 Å². The Morgan fingerprint density at radius 1 is 1.10 bits per heavy atom. The zero-order valence-electron chi connectivity index (χ0n) is 11.1. The molecule has 0 saturated carbocycles. The van der Waals surface area contributed by atoms with Gasteiger partial charge in [-0.05, 0) is 18.2 Å². The Balaban J connectivity index is 1.95. The van der Waals surface area contributed by atoms with Crippen LogP contribution in [0.2, 0.25) is 0 Å². The van der Waals surface area contributed by atoms with E-state index in [-0.39, 0.29) is 0 Å². The van der Waals surface area contributed by atoms with Gasteiger partial charge in [0.15, 0.2) is 0 Å². The minimum atomic E-state index is 0.489. The molecule has 3 aromatic rings. The van der Waals surface area contributed by atoms with Gasteiger partial charge < -0.3 is 10.5 Å². The highest BCUT2D eigenvalue weighted by molar-refractivity contribution is 5.54. The van der Waals surface area contributed by atoms with Crippen molar-refractivity contribution in [2.75, 3.05) is 5.73 Å². The van der Waals surface area contributed by atoms with Crippen LogP contribution >= 0.6 is 0 Å². The lowest BCUT2D eigenvalue weighted by Gasteiger charge is -2.09. The topological polar surface area (TPSA) is 76.9 Å². The summed E-state index contributed by atoms with van der Waals surface area (Å²) in [5.74, 6) is 1.34. The van der Waals surface area contributed by atoms with Gasteiger partial charge >= 0.3 is 0 Å². The molecule has 1 aromatic heterocycles. The monoisotopic (exact) mass is 276 g/mol. The number of anilines is 1. The maximum Gasteiger partial charge on any atom is 0.131 e. The average Bonchev–Trinajstić information content (AvgIpc) is 2.97. The van der Waals surface area contributed by atoms with Gasteiger partial charge in [0.2, 0.25) is 0 Å². The third-order valence-corrected chi connectivity index (χ3v) is 2.87. The first-order valence-electron chi connectivity index (χ1n) is 6.33. The van der Waals surface area contributed by atoms with Crippen LogP contribution in [0.3, 0.4) is 0 Å². The maximum atomic E-state index is 8.85. The van der Waals surface area contributed by atoms with E-state index in [2.05, 4.69) is 5.10 Å². The molecule has 3 rings (SSSR count). The lowest BCUT2D eigenvalue weighted by Crippen LogP contribution is -1.97. The van der Waals surface area contributed by atoms with Crippen molar-refractivity contribution in [3.8, 4) is 23.3 Å². The average molecular weight is 276 g/mol. The summed E-state index contributed by atoms with van der Waals surface area (Å²) in [5.41, 5.74) is 7.69. The Morgan fingerprint density at radius 2 is 1.90 bits per heavy atom. The largest absolute Gasteiger partial charge is 0.457 e. The van der Waals surface area contributed by atoms with Gasteiger partial charge in [-0.15, -0.1) is 0 Å². The van der Waals surface area contributed by atoms with E-state index in [0.717, 1.165) is 11.4 Å². The minimum Gasteiger partial charge on any atom is -0.457 e. The molecule has 0 atom stereocenters. The van der Waals surface area contributed by atoms with Gasteiger partial charge in [-0.1, -0.05) is 18.2 Å². The molecule has 0 bridgehead atoms. The molecule has 0 aliphatic rings. The number of ether oxygens (including phenoxy) is 1. The SMILES string of the molecule is N#Cc1cnn(-c2cc(N)cc(Oc3ccccc3)c2)c1. The predicted octanol–water partition coefficient (Wildman–Crippen LogP) is 3.12. The molecular formula is C16H12N4O. The third kappa shape index (κ3) is 2.85. The van der Waals surface area contributed by atoms with Crippen LogP contribution in [-0.2, 0) is 0 Å². The van der Waals surface area contributed by atoms with Crippen molar-refractivity contribution in [1.82, 2.24) is 9.78 Å². The molecule has 5 heteroatoms. The van der Waals surface area contributed by atoms with Crippen LogP contribution < -0.4 is 10.5 Å². The van der Waals surface area contributed by atoms with Crippen molar-refractivity contribution in [2.24, 2.45) is 0 Å². The van der Waals surface area contributed by atoms with Gasteiger partial charge in [-0.25, -0.2) is 4.68 Å². The summed E-state index contributed by atoms with van der Waals surface area (Å²) in [4.78, 5) is 0. The number of rotatable bonds is 3. The highest BCUT2D eigenvalue weighted by Gasteiger charge is 2.05. The molecule has 0 saturated heterocycles. The number of hydrogen-bond acceptors (Lipinski definition) is 4. The van der Waals surface area contributed by atoms with E-state index >= 15 is 0 Å². The number of hydrogen-bond donors (Lipinski definition) is 1. The molecule has 0 aliphatic heterocycles. The molecule has 0 aliphatic carbocycles. The molecule has 21 heavy (non-hydrogen) atoms. The second kappa shape index (κ2) is 5.39. The van der Waals surface area contributed by atoms with Gasteiger partial charge in [0.05, 0.1) is 17.4 Å². The molecule has 2 N–H and O–H groups in total. The van der Waals surface area contributed by atoms with E-state index < -0.39 is 0 Å². The smallest absolute Gasteiger partial charge is 0.131 e. The molecule has 0 amide bonds. The summed E-state index contributed by atoms with van der Waals surface area (Å²) in [6.45, 7) is 0. The fourth-order valence-electron chi connectivity index (χ4n) is 1.94. The van der Waals surface area contributed by atoms with Crippen LogP contribution in [0.4, 0.5) is 5.69 Å². The Hall–Kier alpha value is -3.26. The second-order valence-corrected chi connectivity index (χ2v) is 4.46. The molecule has 2 aromatic carbocycles. The number of nitrogen functional groups attached to an aromatic ring is 1. The molecule has 5 nitrogen and oxygen atoms in total. The van der Waals surface area contributed by atoms with Gasteiger partial charge in [-0.3, -0.25) is 0 Å². The summed E-state index contributed by atoms with van der Waals surface area (Å²) in [7, 11) is 0. The number of para-hydroxylation sites is 1. The summed E-state index contributed by atoms with van der Waals surface area (Å²) in [6.07, 6.45) is 3.14. The Kier molecular flexibility index (Phi) is 3.27. The molecule has 0 radical (unpaired) electrons. The summed E-state index contributed by atoms with van der Waals surface area (Å²) < 4.78 is 7.36. The van der Waals surface area contributed by atoms with Crippen LogP contribution in [0.1, 0.15) is 5.56 Å². The van der Waals surface area contributed by atoms with Gasteiger partial charge in [0, 0.05) is 24.0 Å². The normalized spacial score (nSPS) is 10.0. The zero-order chi connectivity index (χ0) is 14.7. The van der Waals surface area contributed by atoms with Crippen LogP contribution in [0.5, 0.6) is 11.5 Å². The zero-order valence-corrected chi connectivity index (χ0v) is 11.1. The number of nitriles is 1. The number of nitrogens with zero attached hydrogens (tertiary/aromatic N) is 3. The third-order valence-electron chi connectivity index (χ3n) is 2.87. The fraction of sp³-hybridized carbons (Fsp3) is 0. The standard InChI is InChI=1S/C16H12N4O/c17-9-12-10-19-20(11-12)14-6-13(18)7-16(8-14)21-15-4-2-1-3-5-15/h1-8,10-11H,18H2. The van der Waals surface area contributed by atoms with E-state index in [9.17, 15) is 0 Å². The quantitative estimate of drug-likeness (QED) is 0.745. The molecule has 0 fully saturated rings. The summed E-state index contributed by atoms with van der Waals surface area (Å²) >= 11 is 0. The van der Waals surface area contributed by atoms with Gasteiger partial charge in [0.25, 0.3) is 0 Å². The summed E-state index contributed by atoms with van der Waals surface area (Å²) in [6, 6.07) is 16.8. The van der Waals surface area contributed by atoms with Crippen LogP contribution in [0.15, 0.2) is 60.9 Å². The fourth-order valence-corrected chi connectivity index (χ4v) is 1.94. The highest BCUT2D eigenvalue weighted by Crippen LogP contribution is 2.26. The molecule has 0 unspecified atom stereocenters. The van der Waals surface area contributed by atoms with Crippen LogP contribution in [-0.4, -0.2) is 9.78 Å². The number of aromatic nitrogens is 2. The van der Waals surface area contributed by atoms with E-state index in [4.69, 9.17) is 15.7 Å². The molecule has 0 spiro atoms. The second-order valence-electron chi connectivity index (χ2n) is 4.46. The van der Waals surface area contributed by atoms with Gasteiger partial charge in [-0.2, -0.15) is 10.4 Å². The van der Waals surface area contributed by atoms with Crippen molar-refractivity contribution in [3.05, 3.63) is 66.5 Å². The lowest BCUT2D eigenvalue weighted by atomic mass is 10.2. The van der Waals surface area contributed by atoms with Crippen LogP contribution in [0, 0.1) is 11.3 Å². The van der Waals surface area contributed by atoms with Crippen molar-refractivity contribution in [1.29, 1.82) is 5.26 Å². The molecule has 102 valence electrons. The summed E-state index contributed by atoms with van der Waals surface area (Å²) in [5, 5.41) is 13.0. The lowest BCUT2D eigenvalue weighted by molar-refractivity contribution is 0.482. The maximum absolute atomic E-state index is 8.85. The first-order chi connectivity index (χ1) is 10.2. The minimum absolute atomic E-state index is 0.489. The Bertz CT molecular complexity index is 803. The molecular weight excluding hydrogens is 264 g/mol. The van der Waals surface area contributed by atoms with E-state index in [1.54, 1.807) is 23.0 Å². The van der Waals surface area contributed by atoms with Crippen molar-refractivity contribution < 1.29 is 4.74 Å². The number of nitrogens with two attached hydrogens (primary N) is 1. The predicted molar refractivity (Wildman–Crippen MR) is 79.2 cm³/mol. The van der Waals surface area contributed by atoms with Crippen LogP contribution in [0.25, 0.3) is 5.69 Å². The van der Waals surface area contributed by atoms with E-state index in [0.29, 0.717) is 17.0 Å². The highest BCUT2D eigenvalue weighted by atomic mass is 16.5. The Morgan fingerprint density at radius 3 is 2.62 bits per heavy atom.